The van der Waals surface area contributed by atoms with Crippen molar-refractivity contribution in [1.29, 1.82) is 0 Å². The Morgan fingerprint density at radius 1 is 1.03 bits per heavy atom. The third-order valence-corrected chi connectivity index (χ3v) is 10.7. The number of carbonyl (C=O) groups excluding carboxylic acids is 2. The summed E-state index contributed by atoms with van der Waals surface area (Å²) in [5.41, 5.74) is 3.00. The summed E-state index contributed by atoms with van der Waals surface area (Å²) >= 11 is 0. The van der Waals surface area contributed by atoms with E-state index in [0.717, 1.165) is 56.4 Å². The van der Waals surface area contributed by atoms with E-state index in [1.54, 1.807) is 14.2 Å². The fourth-order valence-electron chi connectivity index (χ4n) is 9.01. The third kappa shape index (κ3) is 4.15. The average molecular weight is 479 g/mol. The highest BCUT2D eigenvalue weighted by molar-refractivity contribution is 5.82. The quantitative estimate of drug-likeness (QED) is 0.407. The minimum atomic E-state index is 0.141. The van der Waals surface area contributed by atoms with E-state index >= 15 is 0 Å². The first kappa shape index (κ1) is 24.6. The number of hydrogen-bond donors (Lipinski definition) is 0. The number of ketones is 2. The van der Waals surface area contributed by atoms with Crippen LogP contribution in [0.15, 0.2) is 29.8 Å². The van der Waals surface area contributed by atoms with Crippen molar-refractivity contribution in [3.05, 3.63) is 35.4 Å². The lowest BCUT2D eigenvalue weighted by molar-refractivity contribution is -0.130. The van der Waals surface area contributed by atoms with Crippen molar-refractivity contribution in [2.75, 3.05) is 14.2 Å². The molecule has 0 radical (unpaired) electrons. The van der Waals surface area contributed by atoms with Gasteiger partial charge < -0.3 is 9.47 Å². The molecule has 0 aliphatic heterocycles. The van der Waals surface area contributed by atoms with E-state index < -0.39 is 0 Å². The van der Waals surface area contributed by atoms with Gasteiger partial charge in [-0.2, -0.15) is 0 Å². The smallest absolute Gasteiger partial charge is 0.136 e. The van der Waals surface area contributed by atoms with Gasteiger partial charge >= 0.3 is 0 Å². The van der Waals surface area contributed by atoms with Crippen molar-refractivity contribution in [3.63, 3.8) is 0 Å². The molecule has 0 spiro atoms. The molecule has 4 heteroatoms. The van der Waals surface area contributed by atoms with Gasteiger partial charge in [0.1, 0.15) is 23.1 Å². The Morgan fingerprint density at radius 3 is 2.46 bits per heavy atom. The second-order valence-electron chi connectivity index (χ2n) is 12.1. The molecule has 0 amide bonds. The number of hydrogen-bond acceptors (Lipinski definition) is 4. The molecule has 3 fully saturated rings. The van der Waals surface area contributed by atoms with Crippen LogP contribution in [0.4, 0.5) is 0 Å². The molecule has 1 aromatic carbocycles. The van der Waals surface area contributed by atoms with Crippen LogP contribution < -0.4 is 9.47 Å². The number of ether oxygens (including phenoxy) is 2. The average Bonchev–Trinajstić information content (AvgIpc) is 3.24. The summed E-state index contributed by atoms with van der Waals surface area (Å²) in [7, 11) is 3.40. The number of carbonyl (C=O) groups is 2. The molecule has 35 heavy (non-hydrogen) atoms. The van der Waals surface area contributed by atoms with Gasteiger partial charge in [0, 0.05) is 24.8 Å². The van der Waals surface area contributed by atoms with Crippen LogP contribution >= 0.6 is 0 Å². The van der Waals surface area contributed by atoms with E-state index in [-0.39, 0.29) is 16.7 Å². The van der Waals surface area contributed by atoms with E-state index in [1.807, 2.05) is 13.0 Å². The molecule has 5 rings (SSSR count). The summed E-state index contributed by atoms with van der Waals surface area (Å²) in [5, 5.41) is 0. The second-order valence-corrected chi connectivity index (χ2v) is 12.1. The SMILES string of the molecule is COc1cc(CCC[C@]23CC[C@@H]4[C@@H](CC=C5CC(=O)CC[C@]54C)[C@@H]2CC[C@@H]3C(C)=O)cc(OC)c1. The van der Waals surface area contributed by atoms with Crippen molar-refractivity contribution in [2.45, 2.75) is 84.5 Å². The van der Waals surface area contributed by atoms with Gasteiger partial charge in [0.15, 0.2) is 0 Å². The molecule has 190 valence electrons. The van der Waals surface area contributed by atoms with Gasteiger partial charge in [-0.1, -0.05) is 18.6 Å². The Kier molecular flexibility index (Phi) is 6.61. The fraction of sp³-hybridized carbons (Fsp3) is 0.677. The maximum atomic E-state index is 12.9. The van der Waals surface area contributed by atoms with Crippen LogP contribution in [0.25, 0.3) is 0 Å². The molecule has 6 atom stereocenters. The Bertz CT molecular complexity index is 1000. The Morgan fingerprint density at radius 2 is 1.77 bits per heavy atom. The summed E-state index contributed by atoms with van der Waals surface area (Å²) in [6.45, 7) is 4.28. The monoisotopic (exact) mass is 478 g/mol. The number of aryl methyl sites for hydroxylation is 1. The van der Waals surface area contributed by atoms with Gasteiger partial charge in [0.05, 0.1) is 14.2 Å². The summed E-state index contributed by atoms with van der Waals surface area (Å²) < 4.78 is 11.0. The van der Waals surface area contributed by atoms with Gasteiger partial charge in [-0.3, -0.25) is 9.59 Å². The first-order valence-electron chi connectivity index (χ1n) is 13.7. The molecule has 1 aromatic rings. The number of fused-ring (bicyclic) bond motifs is 5. The number of Topliss-reactive ketones (excluding diaryl/α,β-unsaturated/α-hetero) is 2. The lowest BCUT2D eigenvalue weighted by Crippen LogP contribution is -2.51. The highest BCUT2D eigenvalue weighted by atomic mass is 16.5. The zero-order valence-electron chi connectivity index (χ0n) is 22.0. The zero-order chi connectivity index (χ0) is 24.8. The summed E-state index contributed by atoms with van der Waals surface area (Å²) in [4.78, 5) is 25.1. The summed E-state index contributed by atoms with van der Waals surface area (Å²) in [6.07, 6.45) is 13.8. The molecule has 4 aliphatic carbocycles. The standard InChI is InChI=1S/C31H42O4/c1-20(32)27-9-10-29-26-8-7-22-18-23(33)11-14-30(22,2)28(26)12-15-31(27,29)13-5-6-21-16-24(34-3)19-25(17-21)35-4/h7,16-17,19,26-29H,5-6,8-15,18H2,1-4H3/t26-,27-,28-,29+,30-,31-/m1/s1. The molecule has 0 heterocycles. The minimum absolute atomic E-state index is 0.141. The lowest BCUT2D eigenvalue weighted by atomic mass is 9.46. The summed E-state index contributed by atoms with van der Waals surface area (Å²) in [5.74, 6) is 4.65. The molecule has 0 saturated heterocycles. The van der Waals surface area contributed by atoms with Gasteiger partial charge in [-0.05, 0) is 111 Å². The Labute approximate surface area is 210 Å². The predicted octanol–water partition coefficient (Wildman–Crippen LogP) is 6.74. The highest BCUT2D eigenvalue weighted by Gasteiger charge is 2.60. The van der Waals surface area contributed by atoms with Crippen molar-refractivity contribution in [1.82, 2.24) is 0 Å². The topological polar surface area (TPSA) is 52.6 Å². The third-order valence-electron chi connectivity index (χ3n) is 10.7. The zero-order valence-corrected chi connectivity index (χ0v) is 22.0. The van der Waals surface area contributed by atoms with E-state index in [2.05, 4.69) is 25.1 Å². The number of rotatable bonds is 7. The molecule has 4 aliphatic rings. The van der Waals surface area contributed by atoms with Crippen LogP contribution in [0.1, 0.15) is 83.6 Å². The molecule has 0 N–H and O–H groups in total. The molecular weight excluding hydrogens is 436 g/mol. The van der Waals surface area contributed by atoms with E-state index in [0.29, 0.717) is 35.7 Å². The summed E-state index contributed by atoms with van der Waals surface area (Å²) in [6, 6.07) is 6.15. The fourth-order valence-corrected chi connectivity index (χ4v) is 9.01. The number of methoxy groups -OCH3 is 2. The first-order valence-corrected chi connectivity index (χ1v) is 13.7. The van der Waals surface area contributed by atoms with Gasteiger partial charge in [-0.25, -0.2) is 0 Å². The Balaban J connectivity index is 1.38. The molecule has 4 nitrogen and oxygen atoms in total. The van der Waals surface area contributed by atoms with Crippen molar-refractivity contribution in [2.24, 2.45) is 34.5 Å². The largest absolute Gasteiger partial charge is 0.497 e. The van der Waals surface area contributed by atoms with Crippen LogP contribution in [-0.2, 0) is 16.0 Å². The lowest BCUT2D eigenvalue weighted by Gasteiger charge is -2.58. The van der Waals surface area contributed by atoms with Crippen molar-refractivity contribution >= 4 is 11.6 Å². The Hall–Kier alpha value is -2.10. The first-order chi connectivity index (χ1) is 16.8. The van der Waals surface area contributed by atoms with Crippen molar-refractivity contribution in [3.8, 4) is 11.5 Å². The van der Waals surface area contributed by atoms with Crippen LogP contribution in [0, 0.1) is 34.5 Å². The highest BCUT2D eigenvalue weighted by Crippen LogP contribution is 2.67. The van der Waals surface area contributed by atoms with Crippen molar-refractivity contribution < 1.29 is 19.1 Å². The van der Waals surface area contributed by atoms with E-state index in [1.165, 1.54) is 30.4 Å². The van der Waals surface area contributed by atoms with Gasteiger partial charge in [-0.15, -0.1) is 0 Å². The molecular formula is C31H42O4. The maximum Gasteiger partial charge on any atom is 0.136 e. The van der Waals surface area contributed by atoms with Gasteiger partial charge in [0.2, 0.25) is 0 Å². The molecule has 3 saturated carbocycles. The van der Waals surface area contributed by atoms with Crippen LogP contribution in [0.2, 0.25) is 0 Å². The number of benzene rings is 1. The van der Waals surface area contributed by atoms with Gasteiger partial charge in [0.25, 0.3) is 0 Å². The van der Waals surface area contributed by atoms with E-state index in [4.69, 9.17) is 9.47 Å². The van der Waals surface area contributed by atoms with Crippen LogP contribution in [0.3, 0.4) is 0 Å². The van der Waals surface area contributed by atoms with Crippen LogP contribution in [-0.4, -0.2) is 25.8 Å². The molecule has 0 aromatic heterocycles. The maximum absolute atomic E-state index is 12.9. The molecule has 0 bridgehead atoms. The number of allylic oxidation sites excluding steroid dienone is 2. The minimum Gasteiger partial charge on any atom is -0.497 e. The van der Waals surface area contributed by atoms with E-state index in [9.17, 15) is 9.59 Å². The van der Waals surface area contributed by atoms with Crippen LogP contribution in [0.5, 0.6) is 11.5 Å². The molecule has 0 unspecified atom stereocenters. The predicted molar refractivity (Wildman–Crippen MR) is 138 cm³/mol. The normalized spacial score (nSPS) is 36.0. The second kappa shape index (κ2) is 9.41.